The average molecular weight is 483 g/mol. The summed E-state index contributed by atoms with van der Waals surface area (Å²) < 4.78 is 33.7. The number of carbonyl (C=O) groups is 2. The predicted molar refractivity (Wildman–Crippen MR) is 125 cm³/mol. The second kappa shape index (κ2) is 11.0. The van der Waals surface area contributed by atoms with E-state index in [0.717, 1.165) is 29.9 Å². The highest BCUT2D eigenvalue weighted by Gasteiger charge is 2.15. The molecular weight excluding hydrogens is 460 g/mol. The number of carbonyl (C=O) groups excluding carboxylic acids is 2. The van der Waals surface area contributed by atoms with Crippen LogP contribution in [0.1, 0.15) is 16.9 Å². The number of rotatable bonds is 7. The fourth-order valence-corrected chi connectivity index (χ4v) is 3.49. The van der Waals surface area contributed by atoms with E-state index >= 15 is 0 Å². The molecule has 0 bridgehead atoms. The lowest BCUT2D eigenvalue weighted by Crippen LogP contribution is -2.38. The Morgan fingerprint density at radius 2 is 1.71 bits per heavy atom. The fraction of sp³-hybridized carbons (Fsp3) is 0.250. The number of anilines is 2. The van der Waals surface area contributed by atoms with Gasteiger partial charge in [0.15, 0.2) is 0 Å². The van der Waals surface area contributed by atoms with Gasteiger partial charge in [0.1, 0.15) is 17.3 Å². The molecule has 0 atom stereocenters. The molecule has 0 radical (unpaired) electrons. The number of nitrogens with zero attached hydrogens (tertiary/aromatic N) is 3. The van der Waals surface area contributed by atoms with Crippen molar-refractivity contribution in [3.63, 3.8) is 0 Å². The molecule has 0 saturated carbocycles. The maximum Gasteiger partial charge on any atom is 0.276 e. The van der Waals surface area contributed by atoms with Crippen molar-refractivity contribution in [1.29, 1.82) is 0 Å². The number of morpholine rings is 1. The van der Waals surface area contributed by atoms with Crippen LogP contribution < -0.4 is 16.2 Å². The molecule has 182 valence electrons. The molecule has 3 aromatic rings. The standard InChI is InChI=1S/C24H23F2N5O4/c25-16-1-4-18(5-2-16)31-23(33)8-7-20(29-31)24(34)27-17-3-6-19(26)21(15-17)28-22(32)9-10-30-11-13-35-14-12-30/h1-8,15H,9-14H2,(H,27,34)(H,28,32). The van der Waals surface area contributed by atoms with E-state index < -0.39 is 23.1 Å². The highest BCUT2D eigenvalue weighted by atomic mass is 19.1. The highest BCUT2D eigenvalue weighted by Crippen LogP contribution is 2.20. The molecule has 0 aliphatic carbocycles. The van der Waals surface area contributed by atoms with Gasteiger partial charge in [-0.3, -0.25) is 19.3 Å². The molecule has 2 N–H and O–H groups in total. The lowest BCUT2D eigenvalue weighted by molar-refractivity contribution is -0.116. The number of hydrogen-bond acceptors (Lipinski definition) is 6. The van der Waals surface area contributed by atoms with Crippen LogP contribution in [0.25, 0.3) is 5.69 Å². The molecular formula is C24H23F2N5O4. The van der Waals surface area contributed by atoms with Gasteiger partial charge in [-0.25, -0.2) is 8.78 Å². The number of ether oxygens (including phenoxy) is 1. The van der Waals surface area contributed by atoms with E-state index in [-0.39, 0.29) is 35.1 Å². The first-order valence-electron chi connectivity index (χ1n) is 11.0. The van der Waals surface area contributed by atoms with Gasteiger partial charge in [-0.05, 0) is 48.5 Å². The summed E-state index contributed by atoms with van der Waals surface area (Å²) >= 11 is 0. The zero-order valence-electron chi connectivity index (χ0n) is 18.7. The van der Waals surface area contributed by atoms with Crippen LogP contribution in [0.2, 0.25) is 0 Å². The van der Waals surface area contributed by atoms with Crippen molar-refractivity contribution >= 4 is 23.2 Å². The van der Waals surface area contributed by atoms with Gasteiger partial charge in [-0.15, -0.1) is 0 Å². The van der Waals surface area contributed by atoms with E-state index in [1.54, 1.807) is 0 Å². The molecule has 9 nitrogen and oxygen atoms in total. The third kappa shape index (κ3) is 6.34. The van der Waals surface area contributed by atoms with Crippen molar-refractivity contribution < 1.29 is 23.1 Å². The number of halogens is 2. The summed E-state index contributed by atoms with van der Waals surface area (Å²) in [5, 5.41) is 9.14. The Kier molecular flexibility index (Phi) is 7.58. The van der Waals surface area contributed by atoms with E-state index in [4.69, 9.17) is 4.74 Å². The van der Waals surface area contributed by atoms with Crippen molar-refractivity contribution in [2.75, 3.05) is 43.5 Å². The van der Waals surface area contributed by atoms with Gasteiger partial charge in [0, 0.05) is 37.8 Å². The second-order valence-corrected chi connectivity index (χ2v) is 7.85. The van der Waals surface area contributed by atoms with Gasteiger partial charge < -0.3 is 15.4 Å². The highest BCUT2D eigenvalue weighted by molar-refractivity contribution is 6.03. The summed E-state index contributed by atoms with van der Waals surface area (Å²) in [5.74, 6) is -2.13. The van der Waals surface area contributed by atoms with Crippen molar-refractivity contribution in [3.05, 3.63) is 82.3 Å². The normalized spacial score (nSPS) is 13.9. The van der Waals surface area contributed by atoms with E-state index in [9.17, 15) is 23.2 Å². The third-order valence-electron chi connectivity index (χ3n) is 5.36. The molecule has 1 aliphatic rings. The Morgan fingerprint density at radius 3 is 2.46 bits per heavy atom. The first kappa shape index (κ1) is 24.2. The minimum atomic E-state index is -0.655. The summed E-state index contributed by atoms with van der Waals surface area (Å²) in [6, 6.07) is 11.2. The van der Waals surface area contributed by atoms with Gasteiger partial charge in [-0.2, -0.15) is 9.78 Å². The van der Waals surface area contributed by atoms with Gasteiger partial charge in [0.2, 0.25) is 5.91 Å². The summed E-state index contributed by atoms with van der Waals surface area (Å²) in [7, 11) is 0. The van der Waals surface area contributed by atoms with Crippen LogP contribution in [0.3, 0.4) is 0 Å². The van der Waals surface area contributed by atoms with Crippen molar-refractivity contribution in [2.45, 2.75) is 6.42 Å². The lowest BCUT2D eigenvalue weighted by Gasteiger charge is -2.26. The molecule has 2 heterocycles. The maximum atomic E-state index is 14.3. The molecule has 2 amide bonds. The van der Waals surface area contributed by atoms with Gasteiger partial charge in [0.05, 0.1) is 24.6 Å². The minimum absolute atomic E-state index is 0.0704. The largest absolute Gasteiger partial charge is 0.379 e. The smallest absolute Gasteiger partial charge is 0.276 e. The SMILES string of the molecule is O=C(CCN1CCOCC1)Nc1cc(NC(=O)c2ccc(=O)n(-c3ccc(F)cc3)n2)ccc1F. The zero-order valence-corrected chi connectivity index (χ0v) is 18.7. The molecule has 1 saturated heterocycles. The van der Waals surface area contributed by atoms with Crippen molar-refractivity contribution in [3.8, 4) is 5.69 Å². The van der Waals surface area contributed by atoms with E-state index in [0.29, 0.717) is 19.8 Å². The first-order chi connectivity index (χ1) is 16.9. The summed E-state index contributed by atoms with van der Waals surface area (Å²) in [4.78, 5) is 39.3. The van der Waals surface area contributed by atoms with Crippen molar-refractivity contribution in [1.82, 2.24) is 14.7 Å². The number of benzene rings is 2. The van der Waals surface area contributed by atoms with Crippen LogP contribution >= 0.6 is 0 Å². The molecule has 2 aromatic carbocycles. The molecule has 1 aromatic heterocycles. The van der Waals surface area contributed by atoms with Crippen LogP contribution in [0.15, 0.2) is 59.4 Å². The quantitative estimate of drug-likeness (QED) is 0.535. The van der Waals surface area contributed by atoms with Gasteiger partial charge in [-0.1, -0.05) is 0 Å². The van der Waals surface area contributed by atoms with E-state index in [2.05, 4.69) is 20.6 Å². The van der Waals surface area contributed by atoms with E-state index in [1.165, 1.54) is 42.5 Å². The molecule has 1 aliphatic heterocycles. The third-order valence-corrected chi connectivity index (χ3v) is 5.36. The van der Waals surface area contributed by atoms with Crippen LogP contribution in [-0.4, -0.2) is 59.3 Å². The molecule has 35 heavy (non-hydrogen) atoms. The summed E-state index contributed by atoms with van der Waals surface area (Å²) in [6.45, 7) is 3.25. The monoisotopic (exact) mass is 483 g/mol. The Morgan fingerprint density at radius 1 is 0.971 bits per heavy atom. The number of aromatic nitrogens is 2. The Hall–Kier alpha value is -3.96. The van der Waals surface area contributed by atoms with Gasteiger partial charge in [0.25, 0.3) is 11.5 Å². The Bertz CT molecular complexity index is 1270. The molecule has 0 unspecified atom stereocenters. The van der Waals surface area contributed by atoms with Crippen LogP contribution in [0, 0.1) is 11.6 Å². The Labute approximate surface area is 199 Å². The van der Waals surface area contributed by atoms with Crippen LogP contribution in [-0.2, 0) is 9.53 Å². The van der Waals surface area contributed by atoms with Crippen LogP contribution in [0.5, 0.6) is 0 Å². The Balaban J connectivity index is 1.43. The van der Waals surface area contributed by atoms with Crippen molar-refractivity contribution in [2.24, 2.45) is 0 Å². The molecule has 1 fully saturated rings. The van der Waals surface area contributed by atoms with Crippen LogP contribution in [0.4, 0.5) is 20.2 Å². The van der Waals surface area contributed by atoms with Gasteiger partial charge >= 0.3 is 0 Å². The summed E-state index contributed by atoms with van der Waals surface area (Å²) in [6.07, 6.45) is 0.185. The fourth-order valence-electron chi connectivity index (χ4n) is 3.49. The number of nitrogens with one attached hydrogen (secondary N) is 2. The summed E-state index contributed by atoms with van der Waals surface area (Å²) in [5.41, 5.74) is -0.151. The topological polar surface area (TPSA) is 106 Å². The predicted octanol–water partition coefficient (Wildman–Crippen LogP) is 2.42. The molecule has 4 rings (SSSR count). The number of hydrogen-bond donors (Lipinski definition) is 2. The maximum absolute atomic E-state index is 14.3. The zero-order chi connectivity index (χ0) is 24.8. The minimum Gasteiger partial charge on any atom is -0.379 e. The van der Waals surface area contributed by atoms with E-state index in [1.807, 2.05) is 0 Å². The average Bonchev–Trinajstić information content (AvgIpc) is 2.86. The first-order valence-corrected chi connectivity index (χ1v) is 11.0. The molecule has 0 spiro atoms. The number of amides is 2. The lowest BCUT2D eigenvalue weighted by atomic mass is 10.2. The second-order valence-electron chi connectivity index (χ2n) is 7.85. The molecule has 11 heteroatoms.